The summed E-state index contributed by atoms with van der Waals surface area (Å²) in [6.45, 7) is 8.33. The number of para-hydroxylation sites is 1. The summed E-state index contributed by atoms with van der Waals surface area (Å²) in [5, 5.41) is 1.26. The minimum atomic E-state index is 0.854. The van der Waals surface area contributed by atoms with E-state index in [4.69, 9.17) is 0 Å². The van der Waals surface area contributed by atoms with E-state index in [1.807, 2.05) is 6.92 Å². The van der Waals surface area contributed by atoms with Crippen molar-refractivity contribution in [3.63, 3.8) is 0 Å². The molecule has 0 spiro atoms. The first-order chi connectivity index (χ1) is 16.6. The number of fused-ring (bicyclic) bond motifs is 1. The molecule has 0 atom stereocenters. The van der Waals surface area contributed by atoms with Gasteiger partial charge in [0.1, 0.15) is 0 Å². The van der Waals surface area contributed by atoms with Gasteiger partial charge >= 0.3 is 0 Å². The molecule has 0 N–H and O–H groups in total. The first-order valence-corrected chi connectivity index (χ1v) is 11.8. The average molecular weight is 440 g/mol. The van der Waals surface area contributed by atoms with Crippen LogP contribution in [0.3, 0.4) is 0 Å². The van der Waals surface area contributed by atoms with Gasteiger partial charge in [-0.05, 0) is 54.3 Å². The summed E-state index contributed by atoms with van der Waals surface area (Å²) in [7, 11) is 0. The van der Waals surface area contributed by atoms with Crippen LogP contribution in [0, 0.1) is 6.92 Å². The lowest BCUT2D eigenvalue weighted by Crippen LogP contribution is -2.03. The zero-order valence-corrected chi connectivity index (χ0v) is 19.8. The van der Waals surface area contributed by atoms with Crippen molar-refractivity contribution in [1.29, 1.82) is 0 Å². The topological polar surface area (TPSA) is 4.93 Å². The van der Waals surface area contributed by atoms with Crippen LogP contribution < -0.4 is 0 Å². The van der Waals surface area contributed by atoms with E-state index in [0.717, 1.165) is 12.0 Å². The van der Waals surface area contributed by atoms with Crippen LogP contribution in [-0.2, 0) is 6.42 Å². The normalized spacial score (nSPS) is 11.4. The van der Waals surface area contributed by atoms with Crippen LogP contribution in [0.4, 0.5) is 0 Å². The third-order valence-electron chi connectivity index (χ3n) is 6.38. The van der Waals surface area contributed by atoms with Crippen molar-refractivity contribution in [2.24, 2.45) is 0 Å². The van der Waals surface area contributed by atoms with E-state index in [1.54, 1.807) is 0 Å². The number of hydrogen-bond donors (Lipinski definition) is 0. The second kappa shape index (κ2) is 9.41. The molecule has 1 heterocycles. The Morgan fingerprint density at radius 2 is 1.50 bits per heavy atom. The average Bonchev–Trinajstić information content (AvgIpc) is 3.17. The molecule has 1 nitrogen and oxygen atoms in total. The lowest BCUT2D eigenvalue weighted by molar-refractivity contribution is 0.976. The molecule has 0 fully saturated rings. The Kier molecular flexibility index (Phi) is 6.01. The number of hydrogen-bond acceptors (Lipinski definition) is 0. The molecule has 0 saturated carbocycles. The van der Waals surface area contributed by atoms with Gasteiger partial charge in [0.15, 0.2) is 0 Å². The summed E-state index contributed by atoms with van der Waals surface area (Å²) in [5.41, 5.74) is 11.1. The van der Waals surface area contributed by atoms with Crippen LogP contribution in [0.5, 0.6) is 0 Å². The van der Waals surface area contributed by atoms with E-state index in [0.29, 0.717) is 0 Å². The first kappa shape index (κ1) is 21.7. The Bertz CT molecular complexity index is 1500. The molecule has 34 heavy (non-hydrogen) atoms. The van der Waals surface area contributed by atoms with E-state index in [-0.39, 0.29) is 0 Å². The molecule has 5 aromatic rings. The quantitative estimate of drug-likeness (QED) is 0.233. The van der Waals surface area contributed by atoms with E-state index in [1.165, 1.54) is 50.1 Å². The molecule has 0 bridgehead atoms. The summed E-state index contributed by atoms with van der Waals surface area (Å²) in [6, 6.07) is 36.8. The molecule has 5 rings (SSSR count). The van der Waals surface area contributed by atoms with E-state index < -0.39 is 0 Å². The highest BCUT2D eigenvalue weighted by Crippen LogP contribution is 2.34. The molecule has 1 aromatic heterocycles. The Labute approximate surface area is 202 Å². The molecule has 0 aliphatic rings. The Balaban J connectivity index is 1.78. The van der Waals surface area contributed by atoms with Crippen molar-refractivity contribution in [1.82, 2.24) is 4.57 Å². The van der Waals surface area contributed by atoms with Gasteiger partial charge in [-0.1, -0.05) is 109 Å². The molecular formula is C33H29N. The molecule has 0 amide bonds. The molecule has 0 saturated heterocycles. The molecule has 0 aliphatic heterocycles. The smallest absolute Gasteiger partial charge is 0.0537 e. The maximum Gasteiger partial charge on any atom is 0.0537 e. The van der Waals surface area contributed by atoms with Gasteiger partial charge in [0, 0.05) is 28.8 Å². The highest BCUT2D eigenvalue weighted by atomic mass is 15.0. The van der Waals surface area contributed by atoms with E-state index in [9.17, 15) is 0 Å². The monoisotopic (exact) mass is 439 g/mol. The number of rotatable bonds is 6. The van der Waals surface area contributed by atoms with Gasteiger partial charge in [-0.3, -0.25) is 0 Å². The standard InChI is InChI=1S/C33H29N/c1-24(2)20-21-31-30-18-9-10-19-32(30)34(33(31)23-27-15-8-7-12-25(27)3)29-17-11-16-28(22-29)26-13-5-4-6-14-26/h4-22H,1,23H2,2-3H3/b21-20-. The molecular weight excluding hydrogens is 410 g/mol. The molecule has 0 radical (unpaired) electrons. The fourth-order valence-electron chi connectivity index (χ4n) is 4.64. The lowest BCUT2D eigenvalue weighted by Gasteiger charge is -2.15. The van der Waals surface area contributed by atoms with Crippen molar-refractivity contribution in [3.8, 4) is 16.8 Å². The van der Waals surface area contributed by atoms with Crippen molar-refractivity contribution in [2.75, 3.05) is 0 Å². The Hall–Kier alpha value is -4.10. The van der Waals surface area contributed by atoms with Crippen LogP contribution in [-0.4, -0.2) is 4.57 Å². The van der Waals surface area contributed by atoms with Crippen molar-refractivity contribution in [3.05, 3.63) is 144 Å². The molecule has 0 unspecified atom stereocenters. The van der Waals surface area contributed by atoms with Gasteiger partial charge < -0.3 is 4.57 Å². The van der Waals surface area contributed by atoms with Crippen molar-refractivity contribution < 1.29 is 0 Å². The summed E-state index contributed by atoms with van der Waals surface area (Å²) in [5.74, 6) is 0. The van der Waals surface area contributed by atoms with Crippen LogP contribution in [0.1, 0.15) is 29.3 Å². The lowest BCUT2D eigenvalue weighted by atomic mass is 10.00. The molecule has 1 heteroatoms. The fraction of sp³-hybridized carbons (Fsp3) is 0.0909. The maximum atomic E-state index is 4.09. The summed E-state index contributed by atoms with van der Waals surface area (Å²) >= 11 is 0. The number of nitrogens with zero attached hydrogens (tertiary/aromatic N) is 1. The van der Waals surface area contributed by atoms with Gasteiger partial charge in [0.2, 0.25) is 0 Å². The van der Waals surface area contributed by atoms with Crippen molar-refractivity contribution in [2.45, 2.75) is 20.3 Å². The fourth-order valence-corrected chi connectivity index (χ4v) is 4.64. The number of aromatic nitrogens is 1. The van der Waals surface area contributed by atoms with Crippen LogP contribution in [0.2, 0.25) is 0 Å². The van der Waals surface area contributed by atoms with Gasteiger partial charge in [0.25, 0.3) is 0 Å². The van der Waals surface area contributed by atoms with Crippen molar-refractivity contribution >= 4 is 17.0 Å². The third kappa shape index (κ3) is 4.25. The Morgan fingerprint density at radius 3 is 2.29 bits per heavy atom. The van der Waals surface area contributed by atoms with Gasteiger partial charge in [-0.2, -0.15) is 0 Å². The minimum absolute atomic E-state index is 0.854. The van der Waals surface area contributed by atoms with E-state index >= 15 is 0 Å². The second-order valence-corrected chi connectivity index (χ2v) is 8.91. The van der Waals surface area contributed by atoms with Gasteiger partial charge in [-0.25, -0.2) is 0 Å². The number of benzene rings is 4. The molecule has 4 aromatic carbocycles. The predicted octanol–water partition coefficient (Wildman–Crippen LogP) is 8.79. The first-order valence-electron chi connectivity index (χ1n) is 11.8. The third-order valence-corrected chi connectivity index (χ3v) is 6.38. The predicted molar refractivity (Wildman–Crippen MR) is 147 cm³/mol. The SMILES string of the molecule is C=C(C)/C=C\c1c(Cc2ccccc2C)n(-c2cccc(-c3ccccc3)c2)c2ccccc12. The highest BCUT2D eigenvalue weighted by Gasteiger charge is 2.18. The summed E-state index contributed by atoms with van der Waals surface area (Å²) in [4.78, 5) is 0. The molecule has 0 aliphatic carbocycles. The zero-order valence-electron chi connectivity index (χ0n) is 19.8. The number of aryl methyl sites for hydroxylation is 1. The van der Waals surface area contributed by atoms with Gasteiger partial charge in [0.05, 0.1) is 5.52 Å². The maximum absolute atomic E-state index is 4.09. The highest BCUT2D eigenvalue weighted by molar-refractivity contribution is 5.93. The Morgan fingerprint density at radius 1 is 0.794 bits per heavy atom. The molecule has 166 valence electrons. The van der Waals surface area contributed by atoms with E-state index in [2.05, 4.69) is 133 Å². The minimum Gasteiger partial charge on any atom is -0.313 e. The second-order valence-electron chi connectivity index (χ2n) is 8.91. The zero-order chi connectivity index (χ0) is 23.5. The van der Waals surface area contributed by atoms with Gasteiger partial charge in [-0.15, -0.1) is 0 Å². The largest absolute Gasteiger partial charge is 0.313 e. The van der Waals surface area contributed by atoms with Crippen LogP contribution >= 0.6 is 0 Å². The van der Waals surface area contributed by atoms with Crippen LogP contribution in [0.15, 0.2) is 121 Å². The summed E-state index contributed by atoms with van der Waals surface area (Å²) < 4.78 is 2.44. The summed E-state index contributed by atoms with van der Waals surface area (Å²) in [6.07, 6.45) is 5.20. The number of allylic oxidation sites excluding steroid dienone is 2. The van der Waals surface area contributed by atoms with Crippen LogP contribution in [0.25, 0.3) is 33.8 Å².